The molecule has 3 rings (SSSR count). The largest absolute Gasteiger partial charge is 0.326 e. The lowest BCUT2D eigenvalue weighted by Gasteiger charge is -2.18. The Hall–Kier alpha value is -3.04. The molecule has 158 valence electrons. The fourth-order valence-electron chi connectivity index (χ4n) is 3.29. The summed E-state index contributed by atoms with van der Waals surface area (Å²) in [5.41, 5.74) is 0.748. The van der Waals surface area contributed by atoms with E-state index >= 15 is 0 Å². The van der Waals surface area contributed by atoms with Gasteiger partial charge < -0.3 is 5.32 Å². The van der Waals surface area contributed by atoms with Crippen molar-refractivity contribution in [2.24, 2.45) is 7.05 Å². The maximum atomic E-state index is 12.6. The first-order valence-electron chi connectivity index (χ1n) is 9.63. The van der Waals surface area contributed by atoms with Crippen LogP contribution in [0.3, 0.4) is 0 Å². The summed E-state index contributed by atoms with van der Waals surface area (Å²) in [6.45, 7) is 4.34. The van der Waals surface area contributed by atoms with Gasteiger partial charge in [0.1, 0.15) is 0 Å². The Labute approximate surface area is 175 Å². The summed E-state index contributed by atoms with van der Waals surface area (Å²) in [7, 11) is -2.00. The number of sulfonamides is 1. The molecular weight excluding hydrogens is 404 g/mol. The van der Waals surface area contributed by atoms with Crippen molar-refractivity contribution in [2.45, 2.75) is 25.2 Å². The van der Waals surface area contributed by atoms with Gasteiger partial charge in [0, 0.05) is 31.2 Å². The third kappa shape index (κ3) is 4.27. The lowest BCUT2D eigenvalue weighted by Crippen LogP contribution is -2.30. The topological polar surface area (TPSA) is 101 Å². The van der Waals surface area contributed by atoms with Crippen molar-refractivity contribution in [3.8, 4) is 0 Å². The summed E-state index contributed by atoms with van der Waals surface area (Å²) >= 11 is 0. The van der Waals surface area contributed by atoms with E-state index in [9.17, 15) is 18.0 Å². The number of hydrogen-bond donors (Lipinski definition) is 1. The molecule has 1 N–H and O–H groups in total. The molecule has 0 aliphatic rings. The predicted octanol–water partition coefficient (Wildman–Crippen LogP) is 2.15. The van der Waals surface area contributed by atoms with Crippen LogP contribution in [-0.4, -0.2) is 41.5 Å². The van der Waals surface area contributed by atoms with Crippen LogP contribution in [0.25, 0.3) is 10.8 Å². The first kappa shape index (κ1) is 21.7. The molecule has 0 spiro atoms. The molecule has 0 bridgehead atoms. The number of aromatic nitrogens is 2. The lowest BCUT2D eigenvalue weighted by atomic mass is 10.1. The van der Waals surface area contributed by atoms with Crippen LogP contribution in [0.15, 0.2) is 58.2 Å². The van der Waals surface area contributed by atoms with Crippen LogP contribution in [0.5, 0.6) is 0 Å². The first-order valence-corrected chi connectivity index (χ1v) is 11.1. The van der Waals surface area contributed by atoms with Crippen LogP contribution in [0.2, 0.25) is 0 Å². The second-order valence-electron chi connectivity index (χ2n) is 6.76. The van der Waals surface area contributed by atoms with Crippen LogP contribution in [0.1, 0.15) is 19.5 Å². The van der Waals surface area contributed by atoms with Crippen molar-refractivity contribution in [1.82, 2.24) is 14.1 Å². The molecule has 1 aromatic heterocycles. The highest BCUT2D eigenvalue weighted by atomic mass is 32.2. The van der Waals surface area contributed by atoms with E-state index in [1.165, 1.54) is 21.1 Å². The summed E-state index contributed by atoms with van der Waals surface area (Å²) < 4.78 is 27.7. The molecule has 0 unspecified atom stereocenters. The van der Waals surface area contributed by atoms with E-state index in [1.54, 1.807) is 57.3 Å². The van der Waals surface area contributed by atoms with Gasteiger partial charge in [0.2, 0.25) is 15.9 Å². The molecule has 0 atom stereocenters. The summed E-state index contributed by atoms with van der Waals surface area (Å²) in [6, 6.07) is 13.1. The van der Waals surface area contributed by atoms with Gasteiger partial charge in [-0.2, -0.15) is 9.40 Å². The van der Waals surface area contributed by atoms with Gasteiger partial charge in [0.25, 0.3) is 5.56 Å². The SMILES string of the molecule is CCN(CC)S(=O)(=O)c1ccc(NC(=O)Cc2nn(C)c(=O)c3ccccc23)cc1. The van der Waals surface area contributed by atoms with Crippen molar-refractivity contribution in [3.63, 3.8) is 0 Å². The zero-order valence-corrected chi connectivity index (χ0v) is 17.9. The molecule has 0 fully saturated rings. The van der Waals surface area contributed by atoms with Crippen molar-refractivity contribution in [3.05, 3.63) is 64.6 Å². The zero-order chi connectivity index (χ0) is 21.9. The number of amides is 1. The van der Waals surface area contributed by atoms with Gasteiger partial charge in [-0.05, 0) is 30.3 Å². The average molecular weight is 429 g/mol. The van der Waals surface area contributed by atoms with E-state index in [2.05, 4.69) is 10.4 Å². The molecule has 0 aliphatic heterocycles. The third-order valence-corrected chi connectivity index (χ3v) is 6.91. The van der Waals surface area contributed by atoms with Crippen LogP contribution in [-0.2, 0) is 28.3 Å². The monoisotopic (exact) mass is 428 g/mol. The minimum atomic E-state index is -3.55. The number of hydrogen-bond acceptors (Lipinski definition) is 5. The number of rotatable bonds is 7. The van der Waals surface area contributed by atoms with Gasteiger partial charge in [0.15, 0.2) is 0 Å². The average Bonchev–Trinajstić information content (AvgIpc) is 2.73. The van der Waals surface area contributed by atoms with E-state index in [1.807, 2.05) is 0 Å². The van der Waals surface area contributed by atoms with E-state index < -0.39 is 10.0 Å². The molecule has 3 aromatic rings. The molecule has 0 aliphatic carbocycles. The molecule has 2 aromatic carbocycles. The van der Waals surface area contributed by atoms with E-state index in [-0.39, 0.29) is 22.8 Å². The van der Waals surface area contributed by atoms with Crippen molar-refractivity contribution < 1.29 is 13.2 Å². The van der Waals surface area contributed by atoms with Crippen LogP contribution < -0.4 is 10.9 Å². The quantitative estimate of drug-likeness (QED) is 0.621. The number of nitrogens with one attached hydrogen (secondary N) is 1. The minimum Gasteiger partial charge on any atom is -0.326 e. The number of benzene rings is 2. The highest BCUT2D eigenvalue weighted by Crippen LogP contribution is 2.19. The second-order valence-corrected chi connectivity index (χ2v) is 8.70. The molecule has 8 nitrogen and oxygen atoms in total. The summed E-state index contributed by atoms with van der Waals surface area (Å²) in [4.78, 5) is 24.9. The highest BCUT2D eigenvalue weighted by Gasteiger charge is 2.21. The fraction of sp³-hybridized carbons (Fsp3) is 0.286. The molecule has 30 heavy (non-hydrogen) atoms. The van der Waals surface area contributed by atoms with Gasteiger partial charge in [-0.15, -0.1) is 0 Å². The number of fused-ring (bicyclic) bond motifs is 1. The van der Waals surface area contributed by atoms with Crippen LogP contribution in [0.4, 0.5) is 5.69 Å². The second kappa shape index (κ2) is 8.76. The molecule has 1 heterocycles. The van der Waals surface area contributed by atoms with Crippen molar-refractivity contribution in [2.75, 3.05) is 18.4 Å². The number of anilines is 1. The normalized spacial score (nSPS) is 11.7. The first-order chi connectivity index (χ1) is 14.3. The Kier molecular flexibility index (Phi) is 6.33. The Morgan fingerprint density at radius 3 is 2.23 bits per heavy atom. The van der Waals surface area contributed by atoms with Gasteiger partial charge in [0.05, 0.1) is 22.4 Å². The van der Waals surface area contributed by atoms with Gasteiger partial charge in [-0.3, -0.25) is 9.59 Å². The van der Waals surface area contributed by atoms with Crippen molar-refractivity contribution >= 4 is 32.4 Å². The number of carbonyl (C=O) groups excluding carboxylic acids is 1. The summed E-state index contributed by atoms with van der Waals surface area (Å²) in [5, 5.41) is 8.11. The smallest absolute Gasteiger partial charge is 0.274 e. The molecule has 9 heteroatoms. The Balaban J connectivity index is 1.79. The fourth-order valence-corrected chi connectivity index (χ4v) is 4.74. The van der Waals surface area contributed by atoms with Crippen molar-refractivity contribution in [1.29, 1.82) is 0 Å². The molecule has 1 amide bonds. The Morgan fingerprint density at radius 2 is 1.63 bits per heavy atom. The predicted molar refractivity (Wildman–Crippen MR) is 116 cm³/mol. The molecule has 0 saturated carbocycles. The lowest BCUT2D eigenvalue weighted by molar-refractivity contribution is -0.115. The maximum absolute atomic E-state index is 12.6. The van der Waals surface area contributed by atoms with E-state index in [0.29, 0.717) is 35.2 Å². The molecular formula is C21H24N4O4S. The van der Waals surface area contributed by atoms with Gasteiger partial charge in [-0.25, -0.2) is 13.1 Å². The maximum Gasteiger partial charge on any atom is 0.274 e. The summed E-state index contributed by atoms with van der Waals surface area (Å²) in [6.07, 6.45) is -0.0197. The number of nitrogens with zero attached hydrogens (tertiary/aromatic N) is 3. The highest BCUT2D eigenvalue weighted by molar-refractivity contribution is 7.89. The molecule has 0 radical (unpaired) electrons. The zero-order valence-electron chi connectivity index (χ0n) is 17.1. The van der Waals surface area contributed by atoms with Crippen LogP contribution in [0, 0.1) is 0 Å². The van der Waals surface area contributed by atoms with Crippen LogP contribution >= 0.6 is 0 Å². The van der Waals surface area contributed by atoms with Gasteiger partial charge in [-0.1, -0.05) is 32.0 Å². The number of carbonyl (C=O) groups is 1. The van der Waals surface area contributed by atoms with E-state index in [0.717, 1.165) is 0 Å². The van der Waals surface area contributed by atoms with Gasteiger partial charge >= 0.3 is 0 Å². The minimum absolute atomic E-state index is 0.0197. The Bertz CT molecular complexity index is 1230. The third-order valence-electron chi connectivity index (χ3n) is 4.84. The summed E-state index contributed by atoms with van der Waals surface area (Å²) in [5.74, 6) is -0.314. The van der Waals surface area contributed by atoms with E-state index in [4.69, 9.17) is 0 Å². The standard InChI is InChI=1S/C21H24N4O4S/c1-4-25(5-2)30(28,29)16-12-10-15(11-13-16)22-20(26)14-19-17-8-6-7-9-18(17)21(27)24(3)23-19/h6-13H,4-5,14H2,1-3H3,(H,22,26). The molecule has 0 saturated heterocycles. The number of aryl methyl sites for hydroxylation is 1. The Morgan fingerprint density at radius 1 is 1.03 bits per heavy atom.